The van der Waals surface area contributed by atoms with Crippen LogP contribution in [0.4, 0.5) is 5.69 Å². The Kier molecular flexibility index (Phi) is 3.71. The van der Waals surface area contributed by atoms with Gasteiger partial charge in [0.2, 0.25) is 0 Å². The molecule has 0 unspecified atom stereocenters. The van der Waals surface area contributed by atoms with E-state index in [4.69, 9.17) is 0 Å². The minimum absolute atomic E-state index is 0.0864. The van der Waals surface area contributed by atoms with E-state index in [0.717, 1.165) is 5.56 Å². The van der Waals surface area contributed by atoms with Crippen LogP contribution in [0.25, 0.3) is 0 Å². The highest BCUT2D eigenvalue weighted by atomic mass is 32.1. The number of non-ortho nitro benzene ring substituents is 1. The Morgan fingerprint density at radius 1 is 1.40 bits per heavy atom. The molecule has 4 nitrogen and oxygen atoms in total. The van der Waals surface area contributed by atoms with Crippen molar-refractivity contribution in [3.05, 3.63) is 39.9 Å². The van der Waals surface area contributed by atoms with Crippen LogP contribution in [0.15, 0.2) is 24.3 Å². The zero-order valence-corrected chi connectivity index (χ0v) is 9.62. The van der Waals surface area contributed by atoms with Crippen LogP contribution in [0, 0.1) is 10.1 Å². The minimum atomic E-state index is -0.395. The molecule has 0 aliphatic carbocycles. The number of thiol groups is 1. The van der Waals surface area contributed by atoms with Gasteiger partial charge in [-0.2, -0.15) is 0 Å². The Bertz CT molecular complexity index is 349. The van der Waals surface area contributed by atoms with Crippen molar-refractivity contribution in [1.29, 1.82) is 0 Å². The molecule has 1 aromatic carbocycles. The molecule has 0 aromatic heterocycles. The Morgan fingerprint density at radius 2 is 1.93 bits per heavy atom. The number of nitrogens with one attached hydrogen (secondary N) is 1. The summed E-state index contributed by atoms with van der Waals surface area (Å²) < 4.78 is 2.80. The molecule has 0 amide bonds. The maximum absolute atomic E-state index is 10.5. The van der Waals surface area contributed by atoms with Crippen LogP contribution >= 0.6 is 12.8 Å². The summed E-state index contributed by atoms with van der Waals surface area (Å²) >= 11 is 3.96. The number of rotatable bonds is 4. The summed E-state index contributed by atoms with van der Waals surface area (Å²) in [7, 11) is 0. The number of hydrogen-bond acceptors (Lipinski definition) is 4. The van der Waals surface area contributed by atoms with Crippen molar-refractivity contribution in [3.8, 4) is 0 Å². The van der Waals surface area contributed by atoms with Gasteiger partial charge in [-0.05, 0) is 5.56 Å². The van der Waals surface area contributed by atoms with Crippen molar-refractivity contribution in [3.63, 3.8) is 0 Å². The lowest BCUT2D eigenvalue weighted by Gasteiger charge is -2.24. The lowest BCUT2D eigenvalue weighted by Crippen LogP contribution is -2.28. The summed E-state index contributed by atoms with van der Waals surface area (Å²) in [6, 6.07) is 6.61. The Balaban J connectivity index is 2.93. The van der Waals surface area contributed by atoms with E-state index in [9.17, 15) is 10.1 Å². The zero-order chi connectivity index (χ0) is 11.5. The predicted molar refractivity (Wildman–Crippen MR) is 63.1 cm³/mol. The third kappa shape index (κ3) is 2.94. The highest BCUT2D eigenvalue weighted by Gasteiger charge is 2.20. The highest BCUT2D eigenvalue weighted by Crippen LogP contribution is 2.24. The molecule has 1 rings (SSSR count). The first-order valence-corrected chi connectivity index (χ1v) is 5.04. The molecule has 1 N–H and O–H groups in total. The predicted octanol–water partition coefficient (Wildman–Crippen LogP) is 2.31. The van der Waals surface area contributed by atoms with Gasteiger partial charge in [0.1, 0.15) is 0 Å². The van der Waals surface area contributed by atoms with Crippen molar-refractivity contribution < 1.29 is 4.92 Å². The second-order valence-electron chi connectivity index (χ2n) is 4.02. The fourth-order valence-corrected chi connectivity index (χ4v) is 1.73. The standard InChI is InChI=1S/C10H14N2O2S/c1-10(2,7-11-15)8-3-5-9(6-4-8)12(13)14/h3-6,11,15H,7H2,1-2H3. The smallest absolute Gasteiger partial charge is 0.266 e. The molecular weight excluding hydrogens is 212 g/mol. The molecule has 82 valence electrons. The molecule has 15 heavy (non-hydrogen) atoms. The number of benzene rings is 1. The average molecular weight is 226 g/mol. The molecular formula is C10H14N2O2S. The van der Waals surface area contributed by atoms with Gasteiger partial charge in [-0.1, -0.05) is 38.8 Å². The zero-order valence-electron chi connectivity index (χ0n) is 8.73. The lowest BCUT2D eigenvalue weighted by molar-refractivity contribution is -0.384. The van der Waals surface area contributed by atoms with Gasteiger partial charge >= 0.3 is 0 Å². The van der Waals surface area contributed by atoms with Crippen LogP contribution in [-0.2, 0) is 5.41 Å². The van der Waals surface area contributed by atoms with E-state index in [1.807, 2.05) is 0 Å². The maximum atomic E-state index is 10.5. The molecule has 5 heteroatoms. The molecule has 0 aliphatic heterocycles. The SMILES string of the molecule is CC(C)(CNS)c1ccc([N+](=O)[O-])cc1. The van der Waals surface area contributed by atoms with Gasteiger partial charge in [0.05, 0.1) is 4.92 Å². The van der Waals surface area contributed by atoms with E-state index in [1.165, 1.54) is 12.1 Å². The van der Waals surface area contributed by atoms with E-state index in [2.05, 4.69) is 31.4 Å². The molecule has 0 radical (unpaired) electrons. The molecule has 0 saturated carbocycles. The van der Waals surface area contributed by atoms with Crippen molar-refractivity contribution in [2.24, 2.45) is 0 Å². The van der Waals surface area contributed by atoms with Crippen LogP contribution in [0.2, 0.25) is 0 Å². The van der Waals surface area contributed by atoms with Crippen LogP contribution in [-0.4, -0.2) is 11.5 Å². The lowest BCUT2D eigenvalue weighted by atomic mass is 9.85. The second-order valence-corrected chi connectivity index (χ2v) is 4.34. The quantitative estimate of drug-likeness (QED) is 0.470. The molecule has 0 bridgehead atoms. The molecule has 0 saturated heterocycles. The van der Waals surface area contributed by atoms with Gasteiger partial charge in [-0.25, -0.2) is 0 Å². The topological polar surface area (TPSA) is 55.2 Å². The minimum Gasteiger partial charge on any atom is -0.266 e. The van der Waals surface area contributed by atoms with Gasteiger partial charge < -0.3 is 0 Å². The van der Waals surface area contributed by atoms with E-state index in [0.29, 0.717) is 6.54 Å². The molecule has 0 aliphatic rings. The Labute approximate surface area is 94.4 Å². The van der Waals surface area contributed by atoms with Crippen molar-refractivity contribution in [2.45, 2.75) is 19.3 Å². The van der Waals surface area contributed by atoms with Crippen molar-refractivity contribution >= 4 is 18.5 Å². The van der Waals surface area contributed by atoms with Gasteiger partial charge in [0, 0.05) is 24.1 Å². The summed E-state index contributed by atoms with van der Waals surface area (Å²) in [6.45, 7) is 4.81. The summed E-state index contributed by atoms with van der Waals surface area (Å²) in [5.41, 5.74) is 1.08. The van der Waals surface area contributed by atoms with Crippen molar-refractivity contribution in [1.82, 2.24) is 4.72 Å². The fraction of sp³-hybridized carbons (Fsp3) is 0.400. The van der Waals surface area contributed by atoms with Crippen LogP contribution in [0.3, 0.4) is 0 Å². The van der Waals surface area contributed by atoms with E-state index < -0.39 is 4.92 Å². The number of nitro groups is 1. The Morgan fingerprint density at radius 3 is 2.33 bits per heavy atom. The number of nitrogens with zero attached hydrogens (tertiary/aromatic N) is 1. The first kappa shape index (κ1) is 12.0. The molecule has 0 spiro atoms. The molecule has 0 fully saturated rings. The fourth-order valence-electron chi connectivity index (χ4n) is 1.33. The summed E-state index contributed by atoms with van der Waals surface area (Å²) in [5, 5.41) is 10.5. The first-order chi connectivity index (χ1) is 6.97. The summed E-state index contributed by atoms with van der Waals surface area (Å²) in [6.07, 6.45) is 0. The monoisotopic (exact) mass is 226 g/mol. The average Bonchev–Trinajstić information content (AvgIpc) is 2.18. The Hall–Kier alpha value is -1.07. The largest absolute Gasteiger partial charge is 0.269 e. The van der Waals surface area contributed by atoms with Crippen LogP contribution in [0.1, 0.15) is 19.4 Å². The van der Waals surface area contributed by atoms with Gasteiger partial charge in [-0.3, -0.25) is 14.8 Å². The normalized spacial score (nSPS) is 11.4. The number of nitro benzene ring substituents is 1. The maximum Gasteiger partial charge on any atom is 0.269 e. The highest BCUT2D eigenvalue weighted by molar-refractivity contribution is 7.78. The van der Waals surface area contributed by atoms with Gasteiger partial charge in [0.25, 0.3) is 5.69 Å². The molecule has 0 heterocycles. The number of hydrogen-bond donors (Lipinski definition) is 2. The second kappa shape index (κ2) is 4.63. The van der Waals surface area contributed by atoms with E-state index >= 15 is 0 Å². The van der Waals surface area contributed by atoms with Gasteiger partial charge in [-0.15, -0.1) is 0 Å². The third-order valence-electron chi connectivity index (χ3n) is 2.38. The molecule has 0 atom stereocenters. The third-order valence-corrected chi connectivity index (χ3v) is 2.54. The van der Waals surface area contributed by atoms with E-state index in [-0.39, 0.29) is 11.1 Å². The van der Waals surface area contributed by atoms with E-state index in [1.54, 1.807) is 12.1 Å². The van der Waals surface area contributed by atoms with Crippen LogP contribution < -0.4 is 4.72 Å². The van der Waals surface area contributed by atoms with Gasteiger partial charge in [0.15, 0.2) is 0 Å². The van der Waals surface area contributed by atoms with Crippen molar-refractivity contribution in [2.75, 3.05) is 6.54 Å². The summed E-state index contributed by atoms with van der Waals surface area (Å²) in [5.74, 6) is 0. The summed E-state index contributed by atoms with van der Waals surface area (Å²) in [4.78, 5) is 10.1. The van der Waals surface area contributed by atoms with Crippen LogP contribution in [0.5, 0.6) is 0 Å². The molecule has 1 aromatic rings. The first-order valence-electron chi connectivity index (χ1n) is 4.59.